The summed E-state index contributed by atoms with van der Waals surface area (Å²) in [5, 5.41) is 19.7. The van der Waals surface area contributed by atoms with Crippen LogP contribution in [0.1, 0.15) is 18.1 Å². The van der Waals surface area contributed by atoms with Crippen LogP contribution in [0, 0.1) is 24.0 Å². The largest absolute Gasteiger partial charge is 0.366 e. The number of non-ortho nitro benzene ring substituents is 1. The summed E-state index contributed by atoms with van der Waals surface area (Å²) in [6.45, 7) is 17.0. The van der Waals surface area contributed by atoms with Crippen molar-refractivity contribution in [2.24, 2.45) is 10.2 Å². The van der Waals surface area contributed by atoms with Crippen LogP contribution in [0.3, 0.4) is 0 Å². The Labute approximate surface area is 189 Å². The van der Waals surface area contributed by atoms with Gasteiger partial charge in [0, 0.05) is 44.0 Å². The lowest BCUT2D eigenvalue weighted by atomic mass is 10.1. The lowest BCUT2D eigenvalue weighted by molar-refractivity contribution is -0.939. The molecule has 0 amide bonds. The first-order valence-corrected chi connectivity index (χ1v) is 11.5. The average molecular weight is 438 g/mol. The van der Waals surface area contributed by atoms with Crippen molar-refractivity contribution in [1.82, 2.24) is 4.90 Å². The second kappa shape index (κ2) is 9.34. The van der Waals surface area contributed by atoms with Gasteiger partial charge in [0.05, 0.1) is 49.0 Å². The standard InChI is InChI=1S/C24H33N6O2/c1-4-28(12-16-30-13-9-27(10-14-30)11-15-30)21-5-7-23(19(2)17-21)25-26-24-8-6-22(29(31)32)18-20(24)3/h5-8,17-18H,4,9-16H2,1-3H3/q+1/b26-25+. The third-order valence-electron chi connectivity index (χ3n) is 7.10. The maximum Gasteiger partial charge on any atom is 0.269 e. The highest BCUT2D eigenvalue weighted by Crippen LogP contribution is 2.29. The van der Waals surface area contributed by atoms with Crippen molar-refractivity contribution in [3.8, 4) is 0 Å². The van der Waals surface area contributed by atoms with Gasteiger partial charge in [-0.1, -0.05) is 0 Å². The SMILES string of the molecule is CCN(CC[N+]12CCN(CC1)CC2)c1ccc(/N=N/c2ccc([N+](=O)[O-])cc2C)c(C)c1. The molecular formula is C24H33N6O2+. The molecule has 5 rings (SSSR count). The van der Waals surface area contributed by atoms with Gasteiger partial charge in [0.15, 0.2) is 0 Å². The number of nitro groups is 1. The van der Waals surface area contributed by atoms with Crippen molar-refractivity contribution < 1.29 is 9.41 Å². The molecule has 32 heavy (non-hydrogen) atoms. The van der Waals surface area contributed by atoms with Crippen LogP contribution in [0.15, 0.2) is 46.6 Å². The summed E-state index contributed by atoms with van der Waals surface area (Å²) in [6.07, 6.45) is 0. The normalized spacial score (nSPS) is 22.4. The Morgan fingerprint density at radius 2 is 1.59 bits per heavy atom. The predicted molar refractivity (Wildman–Crippen MR) is 127 cm³/mol. The van der Waals surface area contributed by atoms with Crippen LogP contribution in [0.2, 0.25) is 0 Å². The molecule has 3 aliphatic heterocycles. The van der Waals surface area contributed by atoms with E-state index in [0.29, 0.717) is 5.69 Å². The number of likely N-dealkylation sites (N-methyl/N-ethyl adjacent to an activating group) is 1. The predicted octanol–water partition coefficient (Wildman–Crippen LogP) is 4.60. The number of benzene rings is 2. The smallest absolute Gasteiger partial charge is 0.269 e. The number of hydrogen-bond acceptors (Lipinski definition) is 6. The second-order valence-electron chi connectivity index (χ2n) is 9.06. The number of rotatable bonds is 8. The van der Waals surface area contributed by atoms with Gasteiger partial charge in [-0.05, 0) is 56.2 Å². The molecule has 2 bridgehead atoms. The number of quaternary nitrogens is 1. The Balaban J connectivity index is 1.43. The minimum absolute atomic E-state index is 0.0681. The molecule has 0 spiro atoms. The Hall–Kier alpha value is -2.84. The number of hydrogen-bond donors (Lipinski definition) is 0. The number of piperazine rings is 3. The molecule has 3 saturated heterocycles. The van der Waals surface area contributed by atoms with Gasteiger partial charge in [-0.3, -0.25) is 15.0 Å². The van der Waals surface area contributed by atoms with Crippen molar-refractivity contribution in [3.63, 3.8) is 0 Å². The highest BCUT2D eigenvalue weighted by Gasteiger charge is 2.38. The molecule has 0 aliphatic carbocycles. The van der Waals surface area contributed by atoms with E-state index in [0.717, 1.165) is 29.9 Å². The van der Waals surface area contributed by atoms with Gasteiger partial charge in [-0.2, -0.15) is 10.2 Å². The van der Waals surface area contributed by atoms with E-state index in [1.165, 1.54) is 68.1 Å². The van der Waals surface area contributed by atoms with E-state index < -0.39 is 4.92 Å². The first-order chi connectivity index (χ1) is 15.4. The lowest BCUT2D eigenvalue weighted by Crippen LogP contribution is -2.68. The van der Waals surface area contributed by atoms with E-state index in [1.54, 1.807) is 6.07 Å². The molecule has 170 valence electrons. The molecule has 3 heterocycles. The Morgan fingerprint density at radius 3 is 2.12 bits per heavy atom. The molecule has 2 aromatic rings. The monoisotopic (exact) mass is 437 g/mol. The third-order valence-corrected chi connectivity index (χ3v) is 7.10. The summed E-state index contributed by atoms with van der Waals surface area (Å²) in [4.78, 5) is 15.6. The van der Waals surface area contributed by atoms with Crippen molar-refractivity contribution in [1.29, 1.82) is 0 Å². The van der Waals surface area contributed by atoms with Crippen molar-refractivity contribution >= 4 is 22.7 Å². The summed E-state index contributed by atoms with van der Waals surface area (Å²) in [6, 6.07) is 11.0. The number of nitrogens with zero attached hydrogens (tertiary/aromatic N) is 6. The quantitative estimate of drug-likeness (QED) is 0.262. The minimum Gasteiger partial charge on any atom is -0.366 e. The molecule has 2 aromatic carbocycles. The highest BCUT2D eigenvalue weighted by atomic mass is 16.6. The van der Waals surface area contributed by atoms with Crippen LogP contribution in [0.5, 0.6) is 0 Å². The van der Waals surface area contributed by atoms with Crippen molar-refractivity contribution in [2.45, 2.75) is 20.8 Å². The zero-order chi connectivity index (χ0) is 22.7. The molecule has 0 saturated carbocycles. The van der Waals surface area contributed by atoms with Gasteiger partial charge in [-0.25, -0.2) is 0 Å². The number of aryl methyl sites for hydroxylation is 2. The van der Waals surface area contributed by atoms with Crippen molar-refractivity contribution in [3.05, 3.63) is 57.6 Å². The van der Waals surface area contributed by atoms with E-state index in [1.807, 2.05) is 13.0 Å². The van der Waals surface area contributed by atoms with Crippen LogP contribution in [0.4, 0.5) is 22.7 Å². The molecule has 0 radical (unpaired) electrons. The van der Waals surface area contributed by atoms with Gasteiger partial charge in [-0.15, -0.1) is 0 Å². The number of anilines is 1. The maximum atomic E-state index is 10.9. The molecule has 8 heteroatoms. The first kappa shape index (κ1) is 22.4. The van der Waals surface area contributed by atoms with Gasteiger partial charge in [0.1, 0.15) is 0 Å². The van der Waals surface area contributed by atoms with Gasteiger partial charge in [0.25, 0.3) is 5.69 Å². The average Bonchev–Trinajstić information content (AvgIpc) is 2.80. The summed E-state index contributed by atoms with van der Waals surface area (Å²) < 4.78 is 1.27. The van der Waals surface area contributed by atoms with Crippen LogP contribution in [-0.2, 0) is 0 Å². The van der Waals surface area contributed by atoms with E-state index in [9.17, 15) is 10.1 Å². The molecule has 0 atom stereocenters. The van der Waals surface area contributed by atoms with Crippen LogP contribution < -0.4 is 4.90 Å². The van der Waals surface area contributed by atoms with Crippen LogP contribution in [0.25, 0.3) is 0 Å². The fourth-order valence-electron chi connectivity index (χ4n) is 4.79. The number of nitro benzene ring substituents is 1. The Kier molecular flexibility index (Phi) is 6.53. The zero-order valence-electron chi connectivity index (χ0n) is 19.3. The van der Waals surface area contributed by atoms with E-state index in [2.05, 4.69) is 46.0 Å². The van der Waals surface area contributed by atoms with Gasteiger partial charge >= 0.3 is 0 Å². The van der Waals surface area contributed by atoms with Crippen LogP contribution >= 0.6 is 0 Å². The topological polar surface area (TPSA) is 74.3 Å². The summed E-state index contributed by atoms with van der Waals surface area (Å²) >= 11 is 0. The summed E-state index contributed by atoms with van der Waals surface area (Å²) in [7, 11) is 0. The number of fused-ring (bicyclic) bond motifs is 3. The zero-order valence-corrected chi connectivity index (χ0v) is 19.3. The molecule has 3 aliphatic rings. The second-order valence-corrected chi connectivity index (χ2v) is 9.06. The summed E-state index contributed by atoms with van der Waals surface area (Å²) in [5.74, 6) is 0. The highest BCUT2D eigenvalue weighted by molar-refractivity contribution is 5.58. The third kappa shape index (κ3) is 4.81. The molecule has 0 N–H and O–H groups in total. The Bertz CT molecular complexity index is 1000. The lowest BCUT2D eigenvalue weighted by Gasteiger charge is -2.51. The van der Waals surface area contributed by atoms with Gasteiger partial charge < -0.3 is 9.38 Å². The fraction of sp³-hybridized carbons (Fsp3) is 0.500. The van der Waals surface area contributed by atoms with Crippen molar-refractivity contribution in [2.75, 3.05) is 63.8 Å². The fourth-order valence-corrected chi connectivity index (χ4v) is 4.79. The van der Waals surface area contributed by atoms with E-state index >= 15 is 0 Å². The molecule has 0 aromatic heterocycles. The van der Waals surface area contributed by atoms with E-state index in [-0.39, 0.29) is 5.69 Å². The number of azo groups is 1. The molecule has 8 nitrogen and oxygen atoms in total. The summed E-state index contributed by atoms with van der Waals surface area (Å²) in [5.41, 5.74) is 4.56. The molecule has 0 unspecified atom stereocenters. The Morgan fingerprint density at radius 1 is 1.00 bits per heavy atom. The first-order valence-electron chi connectivity index (χ1n) is 11.5. The van der Waals surface area contributed by atoms with E-state index in [4.69, 9.17) is 0 Å². The molecule has 3 fully saturated rings. The maximum absolute atomic E-state index is 10.9. The van der Waals surface area contributed by atoms with Gasteiger partial charge in [0.2, 0.25) is 0 Å². The minimum atomic E-state index is -0.397. The van der Waals surface area contributed by atoms with Crippen LogP contribution in [-0.4, -0.2) is 73.2 Å². The molecular weight excluding hydrogens is 404 g/mol.